The second-order valence-corrected chi connectivity index (χ2v) is 7.07. The topological polar surface area (TPSA) is 42.9 Å². The first-order valence-electron chi connectivity index (χ1n) is 9.55. The van der Waals surface area contributed by atoms with E-state index < -0.39 is 0 Å². The lowest BCUT2D eigenvalue weighted by Crippen LogP contribution is -2.57. The van der Waals surface area contributed by atoms with Gasteiger partial charge in [-0.3, -0.25) is 19.6 Å². The summed E-state index contributed by atoms with van der Waals surface area (Å²) in [5.41, 5.74) is 1.12. The molecular weight excluding hydrogens is 314 g/mol. The van der Waals surface area contributed by atoms with Crippen molar-refractivity contribution >= 4 is 5.91 Å². The lowest BCUT2D eigenvalue weighted by molar-refractivity contribution is -0.138. The van der Waals surface area contributed by atoms with Crippen molar-refractivity contribution in [3.8, 4) is 0 Å². The predicted octanol–water partition coefficient (Wildman–Crippen LogP) is 0.752. The summed E-state index contributed by atoms with van der Waals surface area (Å²) in [5.74, 6) is 0.300. The average molecular weight is 345 g/mol. The van der Waals surface area contributed by atoms with Crippen LogP contribution in [0.3, 0.4) is 0 Å². The van der Waals surface area contributed by atoms with Gasteiger partial charge in [0.05, 0.1) is 11.7 Å². The van der Waals surface area contributed by atoms with E-state index in [-0.39, 0.29) is 6.04 Å². The number of nitrogens with zero attached hydrogens (tertiary/aromatic N) is 5. The Kier molecular flexibility index (Phi) is 6.39. The smallest absolute Gasteiger partial charge is 0.239 e. The molecule has 1 aromatic rings. The minimum absolute atomic E-state index is 0.00910. The van der Waals surface area contributed by atoms with Crippen LogP contribution < -0.4 is 0 Å². The first kappa shape index (κ1) is 18.3. The van der Waals surface area contributed by atoms with E-state index >= 15 is 0 Å². The largest absolute Gasteiger partial charge is 0.339 e. The zero-order valence-corrected chi connectivity index (χ0v) is 15.6. The molecule has 0 spiro atoms. The number of amides is 1. The molecule has 2 aliphatic heterocycles. The lowest BCUT2D eigenvalue weighted by Gasteiger charge is -2.40. The van der Waals surface area contributed by atoms with Gasteiger partial charge in [-0.1, -0.05) is 13.0 Å². The van der Waals surface area contributed by atoms with Crippen LogP contribution >= 0.6 is 0 Å². The monoisotopic (exact) mass is 345 g/mol. The molecule has 2 saturated heterocycles. The second-order valence-electron chi connectivity index (χ2n) is 7.07. The summed E-state index contributed by atoms with van der Waals surface area (Å²) in [7, 11) is 0. The lowest BCUT2D eigenvalue weighted by atomic mass is 10.1. The van der Waals surface area contributed by atoms with Gasteiger partial charge in [0.2, 0.25) is 5.91 Å². The zero-order chi connectivity index (χ0) is 17.6. The third-order valence-electron chi connectivity index (χ3n) is 5.55. The number of aromatic nitrogens is 1. The predicted molar refractivity (Wildman–Crippen MR) is 99.2 cm³/mol. The minimum atomic E-state index is -0.00910. The Labute approximate surface area is 151 Å². The molecule has 3 heterocycles. The van der Waals surface area contributed by atoms with Crippen LogP contribution in [-0.2, 0) is 11.3 Å². The van der Waals surface area contributed by atoms with E-state index in [9.17, 15) is 4.79 Å². The molecule has 138 valence electrons. The summed E-state index contributed by atoms with van der Waals surface area (Å²) in [6.07, 6.45) is 1.85. The van der Waals surface area contributed by atoms with E-state index in [1.807, 2.05) is 18.3 Å². The van der Waals surface area contributed by atoms with Crippen LogP contribution in [0.4, 0.5) is 0 Å². The molecule has 1 aromatic heterocycles. The molecule has 25 heavy (non-hydrogen) atoms. The fourth-order valence-electron chi connectivity index (χ4n) is 3.73. The maximum atomic E-state index is 12.8. The van der Waals surface area contributed by atoms with Crippen LogP contribution in [-0.4, -0.2) is 95.4 Å². The first-order valence-corrected chi connectivity index (χ1v) is 9.55. The van der Waals surface area contributed by atoms with Crippen molar-refractivity contribution in [1.29, 1.82) is 0 Å². The van der Waals surface area contributed by atoms with Crippen LogP contribution in [0.25, 0.3) is 0 Å². The fraction of sp³-hybridized carbons (Fsp3) is 0.684. The van der Waals surface area contributed by atoms with Gasteiger partial charge >= 0.3 is 0 Å². The Balaban J connectivity index is 1.45. The number of hydrogen-bond donors (Lipinski definition) is 0. The van der Waals surface area contributed by atoms with Crippen LogP contribution in [0.5, 0.6) is 0 Å². The number of piperazine rings is 2. The Morgan fingerprint density at radius 2 is 1.72 bits per heavy atom. The summed E-state index contributed by atoms with van der Waals surface area (Å²) in [4.78, 5) is 26.4. The van der Waals surface area contributed by atoms with Crippen molar-refractivity contribution in [2.24, 2.45) is 0 Å². The van der Waals surface area contributed by atoms with Gasteiger partial charge in [-0.25, -0.2) is 0 Å². The van der Waals surface area contributed by atoms with Gasteiger partial charge in [0, 0.05) is 65.1 Å². The highest BCUT2D eigenvalue weighted by Gasteiger charge is 2.30. The molecule has 0 N–H and O–H groups in total. The number of carbonyl (C=O) groups excluding carboxylic acids is 1. The molecular formula is C19H31N5O. The fourth-order valence-corrected chi connectivity index (χ4v) is 3.73. The molecule has 0 radical (unpaired) electrons. The molecule has 6 heteroatoms. The Bertz CT molecular complexity index is 536. The summed E-state index contributed by atoms with van der Waals surface area (Å²) < 4.78 is 0. The maximum Gasteiger partial charge on any atom is 0.239 e. The summed E-state index contributed by atoms with van der Waals surface area (Å²) in [6.45, 7) is 13.9. The Morgan fingerprint density at radius 1 is 1.04 bits per heavy atom. The highest BCUT2D eigenvalue weighted by Crippen LogP contribution is 2.12. The SMILES string of the molecule is CCN1CCN(C(=O)C(C)N2CCN(Cc3ccccn3)CC2)CC1. The van der Waals surface area contributed by atoms with Crippen molar-refractivity contribution in [3.63, 3.8) is 0 Å². The standard InChI is InChI=1S/C19H31N5O/c1-3-21-8-14-24(15-9-21)19(25)17(2)23-12-10-22(11-13-23)16-18-6-4-5-7-20-18/h4-7,17H,3,8-16H2,1-2H3. The van der Waals surface area contributed by atoms with Gasteiger partial charge in [-0.15, -0.1) is 0 Å². The Morgan fingerprint density at radius 3 is 2.32 bits per heavy atom. The first-order chi connectivity index (χ1) is 12.2. The molecule has 2 fully saturated rings. The van der Waals surface area contributed by atoms with E-state index in [0.717, 1.165) is 71.1 Å². The van der Waals surface area contributed by atoms with Gasteiger partial charge in [0.15, 0.2) is 0 Å². The van der Waals surface area contributed by atoms with Gasteiger partial charge in [-0.05, 0) is 25.6 Å². The molecule has 0 aliphatic carbocycles. The summed E-state index contributed by atoms with van der Waals surface area (Å²) in [6, 6.07) is 6.06. The number of likely N-dealkylation sites (N-methyl/N-ethyl adjacent to an activating group) is 1. The number of pyridine rings is 1. The molecule has 1 atom stereocenters. The van der Waals surface area contributed by atoms with Gasteiger partial charge < -0.3 is 9.80 Å². The molecule has 0 aromatic carbocycles. The second kappa shape index (κ2) is 8.74. The summed E-state index contributed by atoms with van der Waals surface area (Å²) in [5, 5.41) is 0. The van der Waals surface area contributed by atoms with Crippen molar-refractivity contribution in [2.75, 3.05) is 58.9 Å². The third kappa shape index (κ3) is 4.77. The maximum absolute atomic E-state index is 12.8. The molecule has 6 nitrogen and oxygen atoms in total. The third-order valence-corrected chi connectivity index (χ3v) is 5.55. The Hall–Kier alpha value is -1.50. The highest BCUT2D eigenvalue weighted by molar-refractivity contribution is 5.81. The molecule has 3 rings (SSSR count). The van der Waals surface area contributed by atoms with Crippen LogP contribution in [0.1, 0.15) is 19.5 Å². The van der Waals surface area contributed by atoms with E-state index in [1.54, 1.807) is 0 Å². The highest BCUT2D eigenvalue weighted by atomic mass is 16.2. The van der Waals surface area contributed by atoms with Crippen molar-refractivity contribution < 1.29 is 4.79 Å². The molecule has 1 unspecified atom stereocenters. The quantitative estimate of drug-likeness (QED) is 0.788. The number of hydrogen-bond acceptors (Lipinski definition) is 5. The summed E-state index contributed by atoms with van der Waals surface area (Å²) >= 11 is 0. The average Bonchev–Trinajstić information content (AvgIpc) is 2.68. The van der Waals surface area contributed by atoms with E-state index in [4.69, 9.17) is 0 Å². The van der Waals surface area contributed by atoms with E-state index in [2.05, 4.69) is 44.5 Å². The molecule has 1 amide bonds. The zero-order valence-electron chi connectivity index (χ0n) is 15.6. The molecule has 2 aliphatic rings. The van der Waals surface area contributed by atoms with Crippen LogP contribution in [0.2, 0.25) is 0 Å². The van der Waals surface area contributed by atoms with Gasteiger partial charge in [0.1, 0.15) is 0 Å². The van der Waals surface area contributed by atoms with Crippen molar-refractivity contribution in [1.82, 2.24) is 24.6 Å². The van der Waals surface area contributed by atoms with E-state index in [0.29, 0.717) is 5.91 Å². The van der Waals surface area contributed by atoms with E-state index in [1.165, 1.54) is 0 Å². The van der Waals surface area contributed by atoms with Crippen molar-refractivity contribution in [2.45, 2.75) is 26.4 Å². The van der Waals surface area contributed by atoms with Gasteiger partial charge in [-0.2, -0.15) is 0 Å². The number of carbonyl (C=O) groups is 1. The minimum Gasteiger partial charge on any atom is -0.339 e. The number of rotatable bonds is 5. The van der Waals surface area contributed by atoms with Crippen molar-refractivity contribution in [3.05, 3.63) is 30.1 Å². The molecule has 0 saturated carbocycles. The van der Waals surface area contributed by atoms with Crippen LogP contribution in [0.15, 0.2) is 24.4 Å². The molecule has 0 bridgehead atoms. The van der Waals surface area contributed by atoms with Crippen LogP contribution in [0, 0.1) is 0 Å². The van der Waals surface area contributed by atoms with Gasteiger partial charge in [0.25, 0.3) is 0 Å². The normalized spacial score (nSPS) is 22.1.